The summed E-state index contributed by atoms with van der Waals surface area (Å²) in [7, 11) is 2.14. The highest BCUT2D eigenvalue weighted by atomic mass is 35.5. The van der Waals surface area contributed by atoms with E-state index in [2.05, 4.69) is 18.0 Å². The third-order valence-corrected chi connectivity index (χ3v) is 3.37. The quantitative estimate of drug-likeness (QED) is 0.816. The molecule has 1 aromatic carbocycles. The van der Waals surface area contributed by atoms with Crippen molar-refractivity contribution in [3.8, 4) is 0 Å². The molecule has 0 radical (unpaired) electrons. The zero-order valence-electron chi connectivity index (χ0n) is 10.4. The van der Waals surface area contributed by atoms with Gasteiger partial charge in [-0.25, -0.2) is 0 Å². The van der Waals surface area contributed by atoms with Crippen LogP contribution in [0.2, 0.25) is 5.02 Å². The lowest BCUT2D eigenvalue weighted by molar-refractivity contribution is -0.00258. The first-order valence-electron chi connectivity index (χ1n) is 6.28. The Balaban J connectivity index is 1.82. The summed E-state index contributed by atoms with van der Waals surface area (Å²) in [6.07, 6.45) is 4.12. The van der Waals surface area contributed by atoms with Gasteiger partial charge in [0.05, 0.1) is 6.10 Å². The van der Waals surface area contributed by atoms with Crippen molar-refractivity contribution in [2.45, 2.75) is 31.9 Å². The predicted octanol–water partition coefficient (Wildman–Crippen LogP) is 3.34. The van der Waals surface area contributed by atoms with Gasteiger partial charge < -0.3 is 4.74 Å². The highest BCUT2D eigenvalue weighted by Crippen LogP contribution is 2.16. The molecule has 1 heterocycles. The second-order valence-electron chi connectivity index (χ2n) is 4.82. The summed E-state index contributed by atoms with van der Waals surface area (Å²) < 4.78 is 5.74. The summed E-state index contributed by atoms with van der Waals surface area (Å²) in [5, 5.41) is 0.810. The Bertz CT molecular complexity index is 350. The van der Waals surface area contributed by atoms with Crippen LogP contribution in [-0.2, 0) is 11.3 Å². The average Bonchev–Trinajstić information content (AvgIpc) is 2.30. The minimum Gasteiger partial charge on any atom is -0.377 e. The molecule has 1 saturated heterocycles. The fourth-order valence-electron chi connectivity index (χ4n) is 2.31. The molecule has 0 bridgehead atoms. The Morgan fingerprint density at radius 3 is 3.00 bits per heavy atom. The number of hydrogen-bond acceptors (Lipinski definition) is 2. The zero-order valence-corrected chi connectivity index (χ0v) is 11.1. The zero-order chi connectivity index (χ0) is 12.1. The fraction of sp³-hybridized carbons (Fsp3) is 0.571. The van der Waals surface area contributed by atoms with Gasteiger partial charge in [0.25, 0.3) is 0 Å². The lowest BCUT2D eigenvalue weighted by Crippen LogP contribution is -2.33. The third-order valence-electron chi connectivity index (χ3n) is 3.13. The van der Waals surface area contributed by atoms with E-state index < -0.39 is 0 Å². The van der Waals surface area contributed by atoms with Crippen LogP contribution >= 0.6 is 11.6 Å². The van der Waals surface area contributed by atoms with Crippen molar-refractivity contribution in [3.05, 3.63) is 34.9 Å². The first-order chi connectivity index (χ1) is 8.24. The maximum atomic E-state index is 5.98. The van der Waals surface area contributed by atoms with Gasteiger partial charge in [0.15, 0.2) is 0 Å². The van der Waals surface area contributed by atoms with E-state index in [-0.39, 0.29) is 0 Å². The lowest BCUT2D eigenvalue weighted by Gasteiger charge is -2.27. The molecule has 2 rings (SSSR count). The van der Waals surface area contributed by atoms with Crippen LogP contribution in [0.5, 0.6) is 0 Å². The molecule has 0 spiro atoms. The molecule has 1 fully saturated rings. The molecule has 1 aromatic rings. The average molecular weight is 254 g/mol. The van der Waals surface area contributed by atoms with E-state index in [0.717, 1.165) is 24.7 Å². The molecule has 17 heavy (non-hydrogen) atoms. The van der Waals surface area contributed by atoms with Crippen LogP contribution in [0.4, 0.5) is 0 Å². The van der Waals surface area contributed by atoms with Crippen LogP contribution in [0, 0.1) is 0 Å². The van der Waals surface area contributed by atoms with Crippen LogP contribution in [0.1, 0.15) is 24.8 Å². The molecule has 0 aromatic heterocycles. The van der Waals surface area contributed by atoms with Gasteiger partial charge >= 0.3 is 0 Å². The molecular weight excluding hydrogens is 234 g/mol. The van der Waals surface area contributed by atoms with E-state index in [1.54, 1.807) is 0 Å². The highest BCUT2D eigenvalue weighted by Gasteiger charge is 2.15. The largest absolute Gasteiger partial charge is 0.377 e. The molecule has 0 amide bonds. The molecule has 1 unspecified atom stereocenters. The molecule has 0 saturated carbocycles. The summed E-state index contributed by atoms with van der Waals surface area (Å²) in [5.74, 6) is 0. The number of halogens is 1. The van der Waals surface area contributed by atoms with Crippen LogP contribution in [0.25, 0.3) is 0 Å². The Labute approximate surface area is 109 Å². The minimum atomic E-state index is 0.410. The van der Waals surface area contributed by atoms with Crippen LogP contribution in [-0.4, -0.2) is 31.2 Å². The first-order valence-corrected chi connectivity index (χ1v) is 6.66. The van der Waals surface area contributed by atoms with Crippen molar-refractivity contribution in [1.29, 1.82) is 0 Å². The second kappa shape index (κ2) is 6.39. The molecule has 0 aliphatic carbocycles. The molecule has 2 nitrogen and oxygen atoms in total. The van der Waals surface area contributed by atoms with Crippen molar-refractivity contribution >= 4 is 11.6 Å². The van der Waals surface area contributed by atoms with Crippen LogP contribution < -0.4 is 0 Å². The van der Waals surface area contributed by atoms with Gasteiger partial charge in [-0.3, -0.25) is 4.90 Å². The van der Waals surface area contributed by atoms with E-state index in [1.807, 2.05) is 18.2 Å². The molecule has 94 valence electrons. The number of ether oxygens (including phenoxy) is 1. The SMILES string of the molecule is CN(Cc1cccc(Cl)c1)CC1CCCCO1. The van der Waals surface area contributed by atoms with E-state index in [1.165, 1.54) is 24.8 Å². The summed E-state index contributed by atoms with van der Waals surface area (Å²) in [6.45, 7) is 2.86. The van der Waals surface area contributed by atoms with Crippen molar-refractivity contribution in [3.63, 3.8) is 0 Å². The van der Waals surface area contributed by atoms with E-state index in [9.17, 15) is 0 Å². The fourth-order valence-corrected chi connectivity index (χ4v) is 2.52. The normalized spacial score (nSPS) is 20.8. The second-order valence-corrected chi connectivity index (χ2v) is 5.25. The highest BCUT2D eigenvalue weighted by molar-refractivity contribution is 6.30. The van der Waals surface area contributed by atoms with E-state index in [0.29, 0.717) is 6.10 Å². The molecule has 1 aliphatic rings. The molecule has 3 heteroatoms. The Hall–Kier alpha value is -0.570. The smallest absolute Gasteiger partial charge is 0.0702 e. The van der Waals surface area contributed by atoms with E-state index >= 15 is 0 Å². The Kier molecular flexibility index (Phi) is 4.84. The van der Waals surface area contributed by atoms with Crippen molar-refractivity contribution < 1.29 is 4.74 Å². The van der Waals surface area contributed by atoms with Gasteiger partial charge in [-0.1, -0.05) is 23.7 Å². The van der Waals surface area contributed by atoms with Gasteiger partial charge in [0.2, 0.25) is 0 Å². The van der Waals surface area contributed by atoms with Crippen molar-refractivity contribution in [1.82, 2.24) is 4.90 Å². The third kappa shape index (κ3) is 4.30. The van der Waals surface area contributed by atoms with Crippen molar-refractivity contribution in [2.75, 3.05) is 20.2 Å². The number of likely N-dealkylation sites (N-methyl/N-ethyl adjacent to an activating group) is 1. The molecule has 1 aliphatic heterocycles. The van der Waals surface area contributed by atoms with Gasteiger partial charge in [0, 0.05) is 24.7 Å². The van der Waals surface area contributed by atoms with Crippen LogP contribution in [0.15, 0.2) is 24.3 Å². The Morgan fingerprint density at radius 2 is 2.29 bits per heavy atom. The van der Waals surface area contributed by atoms with Crippen LogP contribution in [0.3, 0.4) is 0 Å². The van der Waals surface area contributed by atoms with Gasteiger partial charge in [-0.2, -0.15) is 0 Å². The summed E-state index contributed by atoms with van der Waals surface area (Å²) >= 11 is 5.98. The molecule has 1 atom stereocenters. The Morgan fingerprint density at radius 1 is 1.41 bits per heavy atom. The number of nitrogens with zero attached hydrogens (tertiary/aromatic N) is 1. The molecular formula is C14H20ClNO. The number of benzene rings is 1. The van der Waals surface area contributed by atoms with Crippen molar-refractivity contribution in [2.24, 2.45) is 0 Å². The van der Waals surface area contributed by atoms with Gasteiger partial charge in [-0.05, 0) is 44.0 Å². The van der Waals surface area contributed by atoms with Gasteiger partial charge in [0.1, 0.15) is 0 Å². The maximum Gasteiger partial charge on any atom is 0.0702 e. The lowest BCUT2D eigenvalue weighted by atomic mass is 10.1. The number of hydrogen-bond donors (Lipinski definition) is 0. The predicted molar refractivity (Wildman–Crippen MR) is 71.4 cm³/mol. The monoisotopic (exact) mass is 253 g/mol. The topological polar surface area (TPSA) is 12.5 Å². The van der Waals surface area contributed by atoms with Gasteiger partial charge in [-0.15, -0.1) is 0 Å². The standard InChI is InChI=1S/C14H20ClNO/c1-16(11-14-7-2-3-8-17-14)10-12-5-4-6-13(15)9-12/h4-6,9,14H,2-3,7-8,10-11H2,1H3. The number of rotatable bonds is 4. The maximum absolute atomic E-state index is 5.98. The minimum absolute atomic E-state index is 0.410. The summed E-state index contributed by atoms with van der Waals surface area (Å²) in [6, 6.07) is 8.06. The molecule has 0 N–H and O–H groups in total. The van der Waals surface area contributed by atoms with E-state index in [4.69, 9.17) is 16.3 Å². The summed E-state index contributed by atoms with van der Waals surface area (Å²) in [4.78, 5) is 2.31. The summed E-state index contributed by atoms with van der Waals surface area (Å²) in [5.41, 5.74) is 1.26. The first kappa shape index (κ1) is 12.9.